The number of carbonyl (C=O) groups excluding carboxylic acids is 2. The fourth-order valence-corrected chi connectivity index (χ4v) is 3.53. The number of amides is 2. The van der Waals surface area contributed by atoms with Crippen LogP contribution in [0.4, 0.5) is 5.69 Å². The first-order chi connectivity index (χ1) is 11.6. The van der Waals surface area contributed by atoms with Crippen LogP contribution < -0.4 is 10.6 Å². The van der Waals surface area contributed by atoms with E-state index < -0.39 is 0 Å². The van der Waals surface area contributed by atoms with Gasteiger partial charge in [-0.1, -0.05) is 36.4 Å². The second-order valence-electron chi connectivity index (χ2n) is 5.84. The van der Waals surface area contributed by atoms with Crippen molar-refractivity contribution in [1.29, 1.82) is 0 Å². The standard InChI is InChI=1S/C19H20N2O2S/c1-13-19(23)21-16-11-15(7-8-17(16)24-13)9-10-20-18(22)12-14-5-3-2-4-6-14/h2-8,11,13H,9-10,12H2,1H3,(H,20,22)(H,21,23). The normalized spacial score (nSPS) is 16.2. The van der Waals surface area contributed by atoms with Gasteiger partial charge in [0.2, 0.25) is 11.8 Å². The summed E-state index contributed by atoms with van der Waals surface area (Å²) in [6.07, 6.45) is 1.14. The quantitative estimate of drug-likeness (QED) is 0.880. The zero-order chi connectivity index (χ0) is 16.9. The highest BCUT2D eigenvalue weighted by molar-refractivity contribution is 8.00. The summed E-state index contributed by atoms with van der Waals surface area (Å²) in [6, 6.07) is 15.8. The summed E-state index contributed by atoms with van der Waals surface area (Å²) < 4.78 is 0. The molecule has 2 N–H and O–H groups in total. The average Bonchev–Trinajstić information content (AvgIpc) is 2.57. The van der Waals surface area contributed by atoms with Gasteiger partial charge in [-0.2, -0.15) is 0 Å². The second-order valence-corrected chi connectivity index (χ2v) is 7.22. The Bertz CT molecular complexity index is 746. The van der Waals surface area contributed by atoms with E-state index in [9.17, 15) is 9.59 Å². The molecule has 3 rings (SSSR count). The topological polar surface area (TPSA) is 58.2 Å². The van der Waals surface area contributed by atoms with Gasteiger partial charge in [0.05, 0.1) is 17.4 Å². The van der Waals surface area contributed by atoms with Crippen molar-refractivity contribution in [3.8, 4) is 0 Å². The van der Waals surface area contributed by atoms with Crippen LogP contribution in [0.5, 0.6) is 0 Å². The maximum Gasteiger partial charge on any atom is 0.237 e. The van der Waals surface area contributed by atoms with Gasteiger partial charge in [0.25, 0.3) is 0 Å². The lowest BCUT2D eigenvalue weighted by Crippen LogP contribution is -2.28. The van der Waals surface area contributed by atoms with E-state index in [2.05, 4.69) is 16.7 Å². The number of hydrogen-bond donors (Lipinski definition) is 2. The number of anilines is 1. The summed E-state index contributed by atoms with van der Waals surface area (Å²) in [6.45, 7) is 2.49. The SMILES string of the molecule is CC1Sc2ccc(CCNC(=O)Cc3ccccc3)cc2NC1=O. The molecule has 24 heavy (non-hydrogen) atoms. The van der Waals surface area contributed by atoms with Gasteiger partial charge >= 0.3 is 0 Å². The van der Waals surface area contributed by atoms with Gasteiger partial charge in [0, 0.05) is 11.4 Å². The number of benzene rings is 2. The van der Waals surface area contributed by atoms with E-state index in [-0.39, 0.29) is 17.1 Å². The Morgan fingerprint density at radius 2 is 1.96 bits per heavy atom. The van der Waals surface area contributed by atoms with Gasteiger partial charge in [-0.3, -0.25) is 9.59 Å². The van der Waals surface area contributed by atoms with Gasteiger partial charge in [0.15, 0.2) is 0 Å². The third-order valence-corrected chi connectivity index (χ3v) is 5.10. The lowest BCUT2D eigenvalue weighted by molar-refractivity contribution is -0.120. The van der Waals surface area contributed by atoms with Crippen molar-refractivity contribution in [1.82, 2.24) is 5.32 Å². The van der Waals surface area contributed by atoms with Gasteiger partial charge in [-0.15, -0.1) is 11.8 Å². The Morgan fingerprint density at radius 1 is 1.17 bits per heavy atom. The predicted octanol–water partition coefficient (Wildman–Crippen LogP) is 3.02. The Balaban J connectivity index is 1.51. The Labute approximate surface area is 146 Å². The largest absolute Gasteiger partial charge is 0.355 e. The van der Waals surface area contributed by atoms with E-state index >= 15 is 0 Å². The fraction of sp³-hybridized carbons (Fsp3) is 0.263. The molecule has 1 unspecified atom stereocenters. The molecule has 5 heteroatoms. The zero-order valence-electron chi connectivity index (χ0n) is 13.5. The van der Waals surface area contributed by atoms with Gasteiger partial charge in [-0.05, 0) is 36.6 Å². The molecule has 0 aliphatic carbocycles. The zero-order valence-corrected chi connectivity index (χ0v) is 14.4. The van der Waals surface area contributed by atoms with Gasteiger partial charge in [-0.25, -0.2) is 0 Å². The molecule has 0 saturated heterocycles. The summed E-state index contributed by atoms with van der Waals surface area (Å²) in [5.74, 6) is 0.0673. The molecule has 2 aromatic rings. The molecule has 0 saturated carbocycles. The van der Waals surface area contributed by atoms with E-state index in [0.29, 0.717) is 13.0 Å². The van der Waals surface area contributed by atoms with E-state index in [0.717, 1.165) is 28.1 Å². The van der Waals surface area contributed by atoms with Crippen LogP contribution in [0.3, 0.4) is 0 Å². The smallest absolute Gasteiger partial charge is 0.237 e. The van der Waals surface area contributed by atoms with Crippen LogP contribution in [-0.4, -0.2) is 23.6 Å². The van der Waals surface area contributed by atoms with Gasteiger partial charge < -0.3 is 10.6 Å². The summed E-state index contributed by atoms with van der Waals surface area (Å²) in [4.78, 5) is 24.8. The average molecular weight is 340 g/mol. The van der Waals surface area contributed by atoms with Crippen molar-refractivity contribution in [3.63, 3.8) is 0 Å². The molecule has 124 valence electrons. The molecule has 1 atom stereocenters. The minimum atomic E-state index is -0.0550. The van der Waals surface area contributed by atoms with Crippen molar-refractivity contribution < 1.29 is 9.59 Å². The molecule has 2 amide bonds. The van der Waals surface area contributed by atoms with Crippen molar-refractivity contribution in [2.24, 2.45) is 0 Å². The summed E-state index contributed by atoms with van der Waals surface area (Å²) in [5, 5.41) is 5.82. The molecule has 4 nitrogen and oxygen atoms in total. The van der Waals surface area contributed by atoms with Crippen molar-refractivity contribution in [2.45, 2.75) is 29.9 Å². The van der Waals surface area contributed by atoms with E-state index in [1.54, 1.807) is 11.8 Å². The monoisotopic (exact) mass is 340 g/mol. The maximum absolute atomic E-state index is 11.9. The second kappa shape index (κ2) is 7.53. The van der Waals surface area contributed by atoms with Crippen LogP contribution in [0.2, 0.25) is 0 Å². The molecule has 1 aliphatic rings. The summed E-state index contributed by atoms with van der Waals surface area (Å²) >= 11 is 1.58. The van der Waals surface area contributed by atoms with Crippen LogP contribution in [0.1, 0.15) is 18.1 Å². The lowest BCUT2D eigenvalue weighted by atomic mass is 10.1. The first-order valence-electron chi connectivity index (χ1n) is 8.03. The molecule has 2 aromatic carbocycles. The molecule has 0 radical (unpaired) electrons. The van der Waals surface area contributed by atoms with Crippen molar-refractivity contribution in [3.05, 3.63) is 59.7 Å². The van der Waals surface area contributed by atoms with Crippen LogP contribution in [0, 0.1) is 0 Å². The number of hydrogen-bond acceptors (Lipinski definition) is 3. The molecule has 0 spiro atoms. The number of thioether (sulfide) groups is 1. The van der Waals surface area contributed by atoms with Crippen LogP contribution in [0.25, 0.3) is 0 Å². The predicted molar refractivity (Wildman–Crippen MR) is 97.3 cm³/mol. The molecule has 0 bridgehead atoms. The third-order valence-electron chi connectivity index (χ3n) is 3.92. The molecule has 1 heterocycles. The molecule has 0 aromatic heterocycles. The minimum absolute atomic E-state index is 0.0249. The number of carbonyl (C=O) groups is 2. The summed E-state index contributed by atoms with van der Waals surface area (Å²) in [5.41, 5.74) is 2.98. The fourth-order valence-electron chi connectivity index (χ4n) is 2.60. The highest BCUT2D eigenvalue weighted by Crippen LogP contribution is 2.35. The molecule has 0 fully saturated rings. The van der Waals surface area contributed by atoms with Crippen LogP contribution in [-0.2, 0) is 22.4 Å². The number of fused-ring (bicyclic) bond motifs is 1. The number of nitrogens with one attached hydrogen (secondary N) is 2. The minimum Gasteiger partial charge on any atom is -0.355 e. The maximum atomic E-state index is 11.9. The van der Waals surface area contributed by atoms with E-state index in [1.807, 2.05) is 49.4 Å². The Kier molecular flexibility index (Phi) is 5.20. The summed E-state index contributed by atoms with van der Waals surface area (Å²) in [7, 11) is 0. The van der Waals surface area contributed by atoms with Crippen LogP contribution in [0.15, 0.2) is 53.4 Å². The van der Waals surface area contributed by atoms with E-state index in [1.165, 1.54) is 0 Å². The third kappa shape index (κ3) is 4.17. The number of rotatable bonds is 5. The highest BCUT2D eigenvalue weighted by atomic mass is 32.2. The Hall–Kier alpha value is -2.27. The lowest BCUT2D eigenvalue weighted by Gasteiger charge is -2.21. The van der Waals surface area contributed by atoms with Gasteiger partial charge in [0.1, 0.15) is 0 Å². The first-order valence-corrected chi connectivity index (χ1v) is 8.91. The molecular formula is C19H20N2O2S. The molecule has 1 aliphatic heterocycles. The Morgan fingerprint density at radius 3 is 2.75 bits per heavy atom. The van der Waals surface area contributed by atoms with E-state index in [4.69, 9.17) is 0 Å². The highest BCUT2D eigenvalue weighted by Gasteiger charge is 2.22. The van der Waals surface area contributed by atoms with Crippen LogP contribution >= 0.6 is 11.8 Å². The van der Waals surface area contributed by atoms with Crippen molar-refractivity contribution >= 4 is 29.3 Å². The molecular weight excluding hydrogens is 320 g/mol. The van der Waals surface area contributed by atoms with Crippen molar-refractivity contribution in [2.75, 3.05) is 11.9 Å². The first kappa shape index (κ1) is 16.6.